The smallest absolute Gasteiger partial charge is 0.226 e. The van der Waals surface area contributed by atoms with Crippen LogP contribution in [0, 0.1) is 17.8 Å². The molecule has 0 aromatic carbocycles. The minimum Gasteiger partial charge on any atom is -0.338 e. The van der Waals surface area contributed by atoms with E-state index in [0.717, 1.165) is 13.0 Å². The summed E-state index contributed by atoms with van der Waals surface area (Å²) < 4.78 is 0. The highest BCUT2D eigenvalue weighted by atomic mass is 16.2. The summed E-state index contributed by atoms with van der Waals surface area (Å²) in [7, 11) is 0. The first-order valence-electron chi connectivity index (χ1n) is 6.43. The molecule has 3 unspecified atom stereocenters. The summed E-state index contributed by atoms with van der Waals surface area (Å²) in [5.74, 6) is 1.83. The molecule has 2 aliphatic carbocycles. The first-order valence-corrected chi connectivity index (χ1v) is 6.43. The lowest BCUT2D eigenvalue weighted by atomic mass is 9.90. The van der Waals surface area contributed by atoms with Gasteiger partial charge in [-0.3, -0.25) is 4.79 Å². The van der Waals surface area contributed by atoms with Crippen molar-refractivity contribution < 1.29 is 4.79 Å². The van der Waals surface area contributed by atoms with Gasteiger partial charge in [0.25, 0.3) is 0 Å². The second-order valence-corrected chi connectivity index (χ2v) is 6.14. The van der Waals surface area contributed by atoms with Gasteiger partial charge in [0.2, 0.25) is 5.91 Å². The normalized spacial score (nSPS) is 32.1. The van der Waals surface area contributed by atoms with E-state index in [2.05, 4.69) is 39.8 Å². The zero-order chi connectivity index (χ0) is 11.9. The molecule has 0 aromatic heterocycles. The van der Waals surface area contributed by atoms with Crippen molar-refractivity contribution in [3.8, 4) is 0 Å². The minimum atomic E-state index is -0.0443. The zero-order valence-corrected chi connectivity index (χ0v) is 10.9. The fourth-order valence-corrected chi connectivity index (χ4v) is 3.23. The Hall–Kier alpha value is -0.790. The van der Waals surface area contributed by atoms with Crippen LogP contribution in [0.15, 0.2) is 12.2 Å². The van der Waals surface area contributed by atoms with Gasteiger partial charge in [0.05, 0.1) is 0 Å². The Bertz CT molecular complexity index is 313. The largest absolute Gasteiger partial charge is 0.338 e. The van der Waals surface area contributed by atoms with E-state index >= 15 is 0 Å². The van der Waals surface area contributed by atoms with Gasteiger partial charge in [-0.2, -0.15) is 0 Å². The number of hydrogen-bond donors (Lipinski definition) is 0. The SMILES string of the molecule is CCN(C(=O)C1CC2C=CC1C2)C(C)(C)C. The number of amides is 1. The number of carbonyl (C=O) groups excluding carboxylic acids is 1. The molecule has 1 amide bonds. The minimum absolute atomic E-state index is 0.0443. The third-order valence-electron chi connectivity index (χ3n) is 3.99. The van der Waals surface area contributed by atoms with Crippen molar-refractivity contribution >= 4 is 5.91 Å². The van der Waals surface area contributed by atoms with E-state index in [9.17, 15) is 4.79 Å². The Morgan fingerprint density at radius 3 is 2.38 bits per heavy atom. The van der Waals surface area contributed by atoms with Crippen molar-refractivity contribution in [1.82, 2.24) is 4.90 Å². The van der Waals surface area contributed by atoms with E-state index in [1.54, 1.807) is 0 Å². The van der Waals surface area contributed by atoms with E-state index < -0.39 is 0 Å². The van der Waals surface area contributed by atoms with Gasteiger partial charge in [-0.05, 0) is 52.4 Å². The van der Waals surface area contributed by atoms with E-state index in [1.807, 2.05) is 4.90 Å². The van der Waals surface area contributed by atoms with E-state index in [0.29, 0.717) is 17.7 Å². The van der Waals surface area contributed by atoms with Gasteiger partial charge in [-0.1, -0.05) is 12.2 Å². The molecule has 2 bridgehead atoms. The monoisotopic (exact) mass is 221 g/mol. The molecule has 3 atom stereocenters. The highest BCUT2D eigenvalue weighted by Gasteiger charge is 2.42. The standard InChI is InChI=1S/C14H23NO/c1-5-15(14(2,3)4)13(16)12-9-10-6-7-11(12)8-10/h6-7,10-12H,5,8-9H2,1-4H3. The Balaban J connectivity index is 2.10. The predicted molar refractivity (Wildman–Crippen MR) is 66.0 cm³/mol. The third kappa shape index (κ3) is 1.90. The summed E-state index contributed by atoms with van der Waals surface area (Å²) in [5, 5.41) is 0. The van der Waals surface area contributed by atoms with Gasteiger partial charge in [-0.15, -0.1) is 0 Å². The average molecular weight is 221 g/mol. The molecular weight excluding hydrogens is 198 g/mol. The van der Waals surface area contributed by atoms with Gasteiger partial charge >= 0.3 is 0 Å². The molecule has 16 heavy (non-hydrogen) atoms. The van der Waals surface area contributed by atoms with Crippen molar-refractivity contribution in [2.75, 3.05) is 6.54 Å². The molecule has 2 heteroatoms. The quantitative estimate of drug-likeness (QED) is 0.657. The second-order valence-electron chi connectivity index (χ2n) is 6.14. The Morgan fingerprint density at radius 2 is 2.00 bits per heavy atom. The molecule has 2 nitrogen and oxygen atoms in total. The fraction of sp³-hybridized carbons (Fsp3) is 0.786. The maximum Gasteiger partial charge on any atom is 0.226 e. The topological polar surface area (TPSA) is 20.3 Å². The van der Waals surface area contributed by atoms with Crippen molar-refractivity contribution in [2.45, 2.75) is 46.1 Å². The van der Waals surface area contributed by atoms with Gasteiger partial charge in [0.15, 0.2) is 0 Å². The van der Waals surface area contributed by atoms with Crippen LogP contribution in [0.1, 0.15) is 40.5 Å². The van der Waals surface area contributed by atoms with Crippen molar-refractivity contribution in [3.63, 3.8) is 0 Å². The zero-order valence-electron chi connectivity index (χ0n) is 10.9. The molecule has 1 saturated carbocycles. The maximum absolute atomic E-state index is 12.5. The van der Waals surface area contributed by atoms with Gasteiger partial charge < -0.3 is 4.90 Å². The van der Waals surface area contributed by atoms with Gasteiger partial charge in [0.1, 0.15) is 0 Å². The van der Waals surface area contributed by atoms with E-state index in [1.165, 1.54) is 6.42 Å². The molecule has 0 N–H and O–H groups in total. The van der Waals surface area contributed by atoms with Crippen LogP contribution < -0.4 is 0 Å². The molecule has 1 fully saturated rings. The lowest BCUT2D eigenvalue weighted by Crippen LogP contribution is -2.48. The first-order chi connectivity index (χ1) is 7.43. The van der Waals surface area contributed by atoms with Crippen LogP contribution in [0.3, 0.4) is 0 Å². The molecule has 0 aliphatic heterocycles. The molecule has 0 radical (unpaired) electrons. The van der Waals surface area contributed by atoms with Gasteiger partial charge in [-0.25, -0.2) is 0 Å². The lowest BCUT2D eigenvalue weighted by Gasteiger charge is -2.37. The molecule has 0 spiro atoms. The van der Waals surface area contributed by atoms with Crippen LogP contribution in [0.2, 0.25) is 0 Å². The molecule has 90 valence electrons. The number of hydrogen-bond acceptors (Lipinski definition) is 1. The van der Waals surface area contributed by atoms with Crippen molar-refractivity contribution in [3.05, 3.63) is 12.2 Å². The number of fused-ring (bicyclic) bond motifs is 2. The van der Waals surface area contributed by atoms with Crippen LogP contribution in [-0.2, 0) is 4.79 Å². The Labute approximate surface area is 98.7 Å². The molecule has 0 heterocycles. The molecule has 0 aromatic rings. The first kappa shape index (κ1) is 11.7. The summed E-state index contributed by atoms with van der Waals surface area (Å²) in [5.41, 5.74) is -0.0443. The Kier molecular flexibility index (Phi) is 2.85. The van der Waals surface area contributed by atoms with Crippen LogP contribution in [0.4, 0.5) is 0 Å². The summed E-state index contributed by atoms with van der Waals surface area (Å²) >= 11 is 0. The van der Waals surface area contributed by atoms with Crippen molar-refractivity contribution in [1.29, 1.82) is 0 Å². The molecular formula is C14H23NO. The summed E-state index contributed by atoms with van der Waals surface area (Å²) in [6.07, 6.45) is 6.83. The maximum atomic E-state index is 12.5. The van der Waals surface area contributed by atoms with Crippen LogP contribution >= 0.6 is 0 Å². The average Bonchev–Trinajstić information content (AvgIpc) is 2.76. The second kappa shape index (κ2) is 3.90. The number of carbonyl (C=O) groups is 1. The van der Waals surface area contributed by atoms with Crippen LogP contribution in [-0.4, -0.2) is 22.9 Å². The third-order valence-corrected chi connectivity index (χ3v) is 3.99. The van der Waals surface area contributed by atoms with E-state index in [4.69, 9.17) is 0 Å². The summed E-state index contributed by atoms with van der Waals surface area (Å²) in [6.45, 7) is 9.26. The number of nitrogens with zero attached hydrogens (tertiary/aromatic N) is 1. The van der Waals surface area contributed by atoms with Crippen LogP contribution in [0.5, 0.6) is 0 Å². The highest BCUT2D eigenvalue weighted by molar-refractivity contribution is 5.80. The predicted octanol–water partition coefficient (Wildman–Crippen LogP) is 2.85. The molecule has 2 aliphatic rings. The molecule has 0 saturated heterocycles. The summed E-state index contributed by atoms with van der Waals surface area (Å²) in [6, 6.07) is 0. The Morgan fingerprint density at radius 1 is 1.31 bits per heavy atom. The highest BCUT2D eigenvalue weighted by Crippen LogP contribution is 2.44. The van der Waals surface area contributed by atoms with Crippen molar-refractivity contribution in [2.24, 2.45) is 17.8 Å². The van der Waals surface area contributed by atoms with E-state index in [-0.39, 0.29) is 11.5 Å². The lowest BCUT2D eigenvalue weighted by molar-refractivity contribution is -0.140. The van der Waals surface area contributed by atoms with Crippen LogP contribution in [0.25, 0.3) is 0 Å². The fourth-order valence-electron chi connectivity index (χ4n) is 3.23. The summed E-state index contributed by atoms with van der Waals surface area (Å²) in [4.78, 5) is 14.5. The molecule has 2 rings (SSSR count). The number of allylic oxidation sites excluding steroid dienone is 2. The number of rotatable bonds is 2. The van der Waals surface area contributed by atoms with Gasteiger partial charge in [0, 0.05) is 18.0 Å².